The number of carbonyl (C=O) groups is 1. The third kappa shape index (κ3) is 4.12. The van der Waals surface area contributed by atoms with Gasteiger partial charge in [-0.15, -0.1) is 11.8 Å². The SMILES string of the molecule is CSc1ccc([C@@H](O)CNC(=O)[C@@H]2CC=CCC2)cc1. The first-order valence-electron chi connectivity index (χ1n) is 6.95. The summed E-state index contributed by atoms with van der Waals surface area (Å²) < 4.78 is 0. The summed E-state index contributed by atoms with van der Waals surface area (Å²) in [6.07, 6.45) is 8.23. The van der Waals surface area contributed by atoms with Crippen LogP contribution in [-0.4, -0.2) is 23.8 Å². The summed E-state index contributed by atoms with van der Waals surface area (Å²) in [5.74, 6) is 0.111. The highest BCUT2D eigenvalue weighted by molar-refractivity contribution is 7.98. The molecule has 0 saturated heterocycles. The van der Waals surface area contributed by atoms with Gasteiger partial charge in [-0.25, -0.2) is 0 Å². The first-order valence-corrected chi connectivity index (χ1v) is 8.18. The molecule has 2 rings (SSSR count). The van der Waals surface area contributed by atoms with E-state index in [4.69, 9.17) is 0 Å². The summed E-state index contributed by atoms with van der Waals surface area (Å²) in [5, 5.41) is 12.9. The van der Waals surface area contributed by atoms with Crippen LogP contribution in [0.4, 0.5) is 0 Å². The van der Waals surface area contributed by atoms with Crippen LogP contribution >= 0.6 is 11.8 Å². The Morgan fingerprint density at radius 2 is 2.15 bits per heavy atom. The van der Waals surface area contributed by atoms with Crippen LogP contribution < -0.4 is 5.32 Å². The molecule has 0 radical (unpaired) electrons. The van der Waals surface area contributed by atoms with Crippen molar-refractivity contribution >= 4 is 17.7 Å². The molecule has 1 aromatic carbocycles. The summed E-state index contributed by atoms with van der Waals surface area (Å²) in [4.78, 5) is 13.1. The molecule has 0 heterocycles. The van der Waals surface area contributed by atoms with Crippen molar-refractivity contribution in [1.82, 2.24) is 5.32 Å². The molecular weight excluding hydrogens is 270 g/mol. The van der Waals surface area contributed by atoms with Crippen LogP contribution in [0.15, 0.2) is 41.3 Å². The van der Waals surface area contributed by atoms with Crippen molar-refractivity contribution in [2.24, 2.45) is 5.92 Å². The molecule has 0 aliphatic heterocycles. The number of allylic oxidation sites excluding steroid dienone is 2. The Hall–Kier alpha value is -1.26. The molecule has 3 nitrogen and oxygen atoms in total. The highest BCUT2D eigenvalue weighted by Crippen LogP contribution is 2.20. The Kier molecular flexibility index (Phi) is 5.68. The summed E-state index contributed by atoms with van der Waals surface area (Å²) in [6.45, 7) is 0.275. The van der Waals surface area contributed by atoms with E-state index in [-0.39, 0.29) is 18.4 Å². The van der Waals surface area contributed by atoms with Crippen LogP contribution in [0.5, 0.6) is 0 Å². The van der Waals surface area contributed by atoms with Gasteiger partial charge >= 0.3 is 0 Å². The van der Waals surface area contributed by atoms with Crippen molar-refractivity contribution in [3.63, 3.8) is 0 Å². The number of amides is 1. The summed E-state index contributed by atoms with van der Waals surface area (Å²) >= 11 is 1.67. The lowest BCUT2D eigenvalue weighted by Crippen LogP contribution is -2.34. The van der Waals surface area contributed by atoms with Crippen molar-refractivity contribution in [1.29, 1.82) is 0 Å². The van der Waals surface area contributed by atoms with Gasteiger partial charge in [0.2, 0.25) is 5.91 Å². The quantitative estimate of drug-likeness (QED) is 0.648. The zero-order valence-electron chi connectivity index (χ0n) is 11.7. The van der Waals surface area contributed by atoms with Gasteiger partial charge in [0.15, 0.2) is 0 Å². The second-order valence-electron chi connectivity index (χ2n) is 5.02. The number of carbonyl (C=O) groups excluding carboxylic acids is 1. The molecule has 0 unspecified atom stereocenters. The van der Waals surface area contributed by atoms with Crippen LogP contribution in [-0.2, 0) is 4.79 Å². The van der Waals surface area contributed by atoms with E-state index in [0.717, 1.165) is 24.8 Å². The van der Waals surface area contributed by atoms with Gasteiger partial charge in [-0.2, -0.15) is 0 Å². The summed E-state index contributed by atoms with van der Waals surface area (Å²) in [5.41, 5.74) is 0.839. The topological polar surface area (TPSA) is 49.3 Å². The average molecular weight is 291 g/mol. The van der Waals surface area contributed by atoms with Gasteiger partial charge in [-0.3, -0.25) is 4.79 Å². The first kappa shape index (κ1) is 15.1. The number of hydrogen-bond donors (Lipinski definition) is 2. The largest absolute Gasteiger partial charge is 0.387 e. The van der Waals surface area contributed by atoms with E-state index in [2.05, 4.69) is 17.5 Å². The molecule has 2 atom stereocenters. The molecule has 0 fully saturated rings. The van der Waals surface area contributed by atoms with E-state index in [0.29, 0.717) is 0 Å². The first-order chi connectivity index (χ1) is 9.70. The van der Waals surface area contributed by atoms with E-state index in [1.807, 2.05) is 30.5 Å². The Labute approximate surface area is 124 Å². The number of aliphatic hydroxyl groups excluding tert-OH is 1. The third-order valence-corrected chi connectivity index (χ3v) is 4.35. The Morgan fingerprint density at radius 3 is 2.75 bits per heavy atom. The Balaban J connectivity index is 1.83. The van der Waals surface area contributed by atoms with Crippen LogP contribution in [0, 0.1) is 5.92 Å². The molecule has 20 heavy (non-hydrogen) atoms. The van der Waals surface area contributed by atoms with E-state index in [9.17, 15) is 9.90 Å². The molecule has 0 saturated carbocycles. The van der Waals surface area contributed by atoms with Crippen molar-refractivity contribution in [2.75, 3.05) is 12.8 Å². The molecule has 1 aliphatic carbocycles. The standard InChI is InChI=1S/C16H21NO2S/c1-20-14-9-7-12(8-10-14)15(18)11-17-16(19)13-5-3-2-4-6-13/h2-3,7-10,13,15,18H,4-6,11H2,1H3,(H,17,19)/t13-,15+/m1/s1. The zero-order chi connectivity index (χ0) is 14.4. The van der Waals surface area contributed by atoms with Gasteiger partial charge in [0.1, 0.15) is 0 Å². The normalized spacial score (nSPS) is 19.6. The van der Waals surface area contributed by atoms with Gasteiger partial charge in [0.25, 0.3) is 0 Å². The molecule has 1 aliphatic rings. The van der Waals surface area contributed by atoms with Crippen LogP contribution in [0.1, 0.15) is 30.9 Å². The lowest BCUT2D eigenvalue weighted by atomic mass is 9.93. The minimum Gasteiger partial charge on any atom is -0.387 e. The number of benzene rings is 1. The molecule has 4 heteroatoms. The molecule has 0 spiro atoms. The predicted molar refractivity (Wildman–Crippen MR) is 82.7 cm³/mol. The van der Waals surface area contributed by atoms with Crippen molar-refractivity contribution < 1.29 is 9.90 Å². The molecule has 1 amide bonds. The maximum atomic E-state index is 12.0. The number of hydrogen-bond acceptors (Lipinski definition) is 3. The van der Waals surface area contributed by atoms with E-state index in [1.54, 1.807) is 11.8 Å². The monoisotopic (exact) mass is 291 g/mol. The number of nitrogens with one attached hydrogen (secondary N) is 1. The van der Waals surface area contributed by atoms with Crippen molar-refractivity contribution in [3.05, 3.63) is 42.0 Å². The Bertz CT molecular complexity index is 470. The van der Waals surface area contributed by atoms with Crippen LogP contribution in [0.3, 0.4) is 0 Å². The minimum absolute atomic E-state index is 0.0501. The number of thioether (sulfide) groups is 1. The molecule has 0 aromatic heterocycles. The second kappa shape index (κ2) is 7.50. The zero-order valence-corrected chi connectivity index (χ0v) is 12.5. The molecule has 108 valence electrons. The van der Waals surface area contributed by atoms with Crippen LogP contribution in [0.25, 0.3) is 0 Å². The molecule has 1 aromatic rings. The van der Waals surface area contributed by atoms with E-state index in [1.165, 1.54) is 4.90 Å². The third-order valence-electron chi connectivity index (χ3n) is 3.61. The van der Waals surface area contributed by atoms with Crippen molar-refractivity contribution in [3.8, 4) is 0 Å². The average Bonchev–Trinajstić information content (AvgIpc) is 2.53. The van der Waals surface area contributed by atoms with Gasteiger partial charge < -0.3 is 10.4 Å². The van der Waals surface area contributed by atoms with Crippen LogP contribution in [0.2, 0.25) is 0 Å². The van der Waals surface area contributed by atoms with Gasteiger partial charge in [-0.05, 0) is 43.2 Å². The number of rotatable bonds is 5. The van der Waals surface area contributed by atoms with Gasteiger partial charge in [-0.1, -0.05) is 24.3 Å². The van der Waals surface area contributed by atoms with Crippen molar-refractivity contribution in [2.45, 2.75) is 30.3 Å². The summed E-state index contributed by atoms with van der Waals surface area (Å²) in [7, 11) is 0. The fourth-order valence-corrected chi connectivity index (χ4v) is 2.73. The fraction of sp³-hybridized carbons (Fsp3) is 0.438. The maximum Gasteiger partial charge on any atom is 0.223 e. The van der Waals surface area contributed by atoms with E-state index < -0.39 is 6.10 Å². The lowest BCUT2D eigenvalue weighted by molar-refractivity contribution is -0.125. The second-order valence-corrected chi connectivity index (χ2v) is 5.90. The molecular formula is C16H21NO2S. The molecule has 2 N–H and O–H groups in total. The lowest BCUT2D eigenvalue weighted by Gasteiger charge is -2.19. The fourth-order valence-electron chi connectivity index (χ4n) is 2.32. The minimum atomic E-state index is -0.644. The molecule has 0 bridgehead atoms. The number of aliphatic hydroxyl groups is 1. The van der Waals surface area contributed by atoms with Gasteiger partial charge in [0.05, 0.1) is 6.10 Å². The predicted octanol–water partition coefficient (Wildman–Crippen LogP) is 2.91. The Morgan fingerprint density at radius 1 is 1.40 bits per heavy atom. The highest BCUT2D eigenvalue weighted by Gasteiger charge is 2.19. The van der Waals surface area contributed by atoms with Gasteiger partial charge in [0, 0.05) is 17.4 Å². The smallest absolute Gasteiger partial charge is 0.223 e. The highest BCUT2D eigenvalue weighted by atomic mass is 32.2. The summed E-state index contributed by atoms with van der Waals surface area (Å²) in [6, 6.07) is 7.78. The van der Waals surface area contributed by atoms with E-state index >= 15 is 0 Å². The maximum absolute atomic E-state index is 12.0.